The minimum absolute atomic E-state index is 0.0445. The van der Waals surface area contributed by atoms with Gasteiger partial charge in [-0.25, -0.2) is 19.4 Å². The second-order valence-corrected chi connectivity index (χ2v) is 9.11. The van der Waals surface area contributed by atoms with E-state index in [0.717, 1.165) is 9.47 Å². The second kappa shape index (κ2) is 22.1. The Kier molecular flexibility index (Phi) is 18.3. The first kappa shape index (κ1) is 41.4. The van der Waals surface area contributed by atoms with E-state index in [0.29, 0.717) is 0 Å². The average molecular weight is 689 g/mol. The zero-order valence-electron chi connectivity index (χ0n) is 28.4. The number of urea groups is 1. The maximum Gasteiger partial charge on any atom is 0.353 e. The maximum absolute atomic E-state index is 12.3. The van der Waals surface area contributed by atoms with Crippen LogP contribution in [0.25, 0.3) is 16.3 Å². The van der Waals surface area contributed by atoms with Crippen LogP contribution in [-0.4, -0.2) is 83.6 Å². The zero-order chi connectivity index (χ0) is 37.6. The first-order chi connectivity index (χ1) is 23.9. The number of carbonyl (C=O) groups excluding carboxylic acids is 4. The molecule has 1 aliphatic rings. The van der Waals surface area contributed by atoms with E-state index in [1.165, 1.54) is 68.8 Å². The molecule has 1 aromatic rings. The molecule has 0 spiro atoms. The third-order valence-electron chi connectivity index (χ3n) is 5.77. The first-order valence-electron chi connectivity index (χ1n) is 14.9. The van der Waals surface area contributed by atoms with Gasteiger partial charge in [0.2, 0.25) is 11.8 Å². The summed E-state index contributed by atoms with van der Waals surface area (Å²) in [5.41, 5.74) is -0.578. The fourth-order valence-electron chi connectivity index (χ4n) is 3.39. The van der Waals surface area contributed by atoms with Gasteiger partial charge < -0.3 is 34.0 Å². The predicted molar refractivity (Wildman–Crippen MR) is 182 cm³/mol. The predicted octanol–water partition coefficient (Wildman–Crippen LogP) is 2.97. The molecule has 0 saturated carbocycles. The summed E-state index contributed by atoms with van der Waals surface area (Å²) in [7, 11) is 2.65. The topological polar surface area (TPSA) is 205 Å². The van der Waals surface area contributed by atoms with E-state index in [2.05, 4.69) is 24.3 Å². The van der Waals surface area contributed by atoms with Gasteiger partial charge in [0.25, 0.3) is 17.2 Å². The van der Waals surface area contributed by atoms with Gasteiger partial charge in [-0.1, -0.05) is 36.5 Å². The number of esters is 2. The van der Waals surface area contributed by atoms with Crippen LogP contribution in [0.2, 0.25) is 0 Å². The van der Waals surface area contributed by atoms with Crippen LogP contribution in [0.15, 0.2) is 81.3 Å². The number of hydrogen-bond donors (Lipinski definition) is 0. The van der Waals surface area contributed by atoms with E-state index >= 15 is 0 Å². The quantitative estimate of drug-likeness (QED) is 0.0968. The lowest BCUT2D eigenvalue weighted by molar-refractivity contribution is -0.286. The summed E-state index contributed by atoms with van der Waals surface area (Å²) in [4.78, 5) is 70.1. The fourth-order valence-corrected chi connectivity index (χ4v) is 3.39. The fraction of sp³-hybridized carbons (Fsp3) is 0.294. The third kappa shape index (κ3) is 12.5. The molecule has 264 valence electrons. The third-order valence-corrected chi connectivity index (χ3v) is 5.77. The highest BCUT2D eigenvalue weighted by molar-refractivity contribution is 6.27. The molecule has 2 rings (SSSR count). The number of allylic oxidation sites excluding steroid dienone is 8. The monoisotopic (exact) mass is 688 g/mol. The summed E-state index contributed by atoms with van der Waals surface area (Å²) in [5.74, 6) is -0.308. The molecule has 0 fully saturated rings. The van der Waals surface area contributed by atoms with Crippen LogP contribution >= 0.6 is 0 Å². The van der Waals surface area contributed by atoms with Gasteiger partial charge in [0.05, 0.1) is 44.6 Å². The number of hydrogen-bond acceptors (Lipinski definition) is 11. The van der Waals surface area contributed by atoms with E-state index in [9.17, 15) is 29.1 Å². The number of aliphatic imine (C=N–C) groups is 1. The molecule has 50 heavy (non-hydrogen) atoms. The molecule has 3 amide bonds. The van der Waals surface area contributed by atoms with Gasteiger partial charge in [-0.15, -0.1) is 0 Å². The number of likely N-dealkylation sites (N-methyl/N-ethyl adjacent to an activating group) is 1. The van der Waals surface area contributed by atoms with Crippen molar-refractivity contribution in [2.75, 3.05) is 33.5 Å². The van der Waals surface area contributed by atoms with E-state index in [-0.39, 0.29) is 60.6 Å². The van der Waals surface area contributed by atoms with Crippen LogP contribution in [-0.2, 0) is 35.6 Å². The van der Waals surface area contributed by atoms with Crippen molar-refractivity contribution in [3.63, 3.8) is 0 Å². The molecule has 16 nitrogen and oxygen atoms in total. The molecule has 2 heterocycles. The number of amides is 3. The summed E-state index contributed by atoms with van der Waals surface area (Å²) in [6.45, 7) is 14.4. The first-order valence-corrected chi connectivity index (χ1v) is 14.9. The lowest BCUT2D eigenvalue weighted by Gasteiger charge is -2.21. The zero-order valence-corrected chi connectivity index (χ0v) is 28.4. The Bertz CT molecular complexity index is 1800. The van der Waals surface area contributed by atoms with E-state index in [1.54, 1.807) is 39.6 Å². The van der Waals surface area contributed by atoms with E-state index in [4.69, 9.17) is 21.5 Å². The van der Waals surface area contributed by atoms with Crippen molar-refractivity contribution in [3.8, 4) is 11.9 Å². The molecule has 0 aromatic carbocycles. The highest BCUT2D eigenvalue weighted by atomic mass is 16.5. The van der Waals surface area contributed by atoms with Gasteiger partial charge in [-0.3, -0.25) is 25.2 Å². The Balaban J connectivity index is 0.000000530. The van der Waals surface area contributed by atoms with E-state index < -0.39 is 35.4 Å². The van der Waals surface area contributed by atoms with Crippen LogP contribution in [0.5, 0.6) is 11.9 Å². The molecular formula is C34H36N6O10-2. The summed E-state index contributed by atoms with van der Waals surface area (Å²) < 4.78 is 20.8. The van der Waals surface area contributed by atoms with Crippen molar-refractivity contribution in [2.24, 2.45) is 12.0 Å². The van der Waals surface area contributed by atoms with Crippen molar-refractivity contribution in [1.29, 1.82) is 0 Å². The molecule has 1 aromatic heterocycles. The number of carbonyl (C=O) groups is 4. The van der Waals surface area contributed by atoms with Gasteiger partial charge in [0.15, 0.2) is 0 Å². The maximum atomic E-state index is 12.3. The Morgan fingerprint density at radius 1 is 0.920 bits per heavy atom. The normalized spacial score (nSPS) is 14.0. The lowest BCUT2D eigenvalue weighted by atomic mass is 10.2. The van der Waals surface area contributed by atoms with Crippen LogP contribution in [0.3, 0.4) is 0 Å². The molecule has 0 N–H and O–H groups in total. The summed E-state index contributed by atoms with van der Waals surface area (Å²) in [6, 6.07) is -1.40. The summed E-state index contributed by atoms with van der Waals surface area (Å²) in [6.07, 6.45) is 14.4. The smallest absolute Gasteiger partial charge is 0.353 e. The molecule has 0 bridgehead atoms. The number of nitrogens with zero attached hydrogens (tertiary/aromatic N) is 6. The minimum Gasteiger partial charge on any atom is -0.846 e. The van der Waals surface area contributed by atoms with Crippen molar-refractivity contribution in [1.82, 2.24) is 14.5 Å². The van der Waals surface area contributed by atoms with Gasteiger partial charge in [-0.05, 0) is 52.0 Å². The van der Waals surface area contributed by atoms with Crippen LogP contribution in [0.4, 0.5) is 4.79 Å². The number of aromatic nitrogens is 2. The Morgan fingerprint density at radius 2 is 1.56 bits per heavy atom. The van der Waals surface area contributed by atoms with Crippen molar-refractivity contribution < 1.29 is 43.2 Å². The number of imide groups is 1. The molecule has 0 atom stereocenters. The molecule has 0 unspecified atom stereocenters. The van der Waals surface area contributed by atoms with Crippen molar-refractivity contribution >= 4 is 41.7 Å². The van der Waals surface area contributed by atoms with E-state index in [1.807, 2.05) is 0 Å². The van der Waals surface area contributed by atoms with Gasteiger partial charge in [0, 0.05) is 14.1 Å². The average Bonchev–Trinajstić information content (AvgIpc) is 3.09. The molecule has 1 aliphatic heterocycles. The van der Waals surface area contributed by atoms with Gasteiger partial charge >= 0.3 is 18.0 Å². The number of rotatable bonds is 13. The molecular weight excluding hydrogens is 652 g/mol. The van der Waals surface area contributed by atoms with Crippen LogP contribution in [0.1, 0.15) is 33.3 Å². The standard InChI is InChI=1S/C19H22N4O6.C15H15N2O4/c1-5-28-14-12(16(24)22(3)18(26)20-14)10-8-7-9-11-13-15(29-6-2)21-19(27)23(4)17(13)25;1-4-20-14(18)12(11-16)9-7-6-8-10-13(17-3)15(19)21-5-2/h7-11H,5-6H2,1-4H3,(H,20,26);6-10H,4-5H2,1-2H3/q;-1/p-1. The second-order valence-electron chi connectivity index (χ2n) is 9.11. The van der Waals surface area contributed by atoms with Crippen LogP contribution < -0.4 is 15.4 Å². The summed E-state index contributed by atoms with van der Waals surface area (Å²) in [5, 5.41) is 20.4. The minimum atomic E-state index is -0.701. The van der Waals surface area contributed by atoms with Crippen LogP contribution in [0, 0.1) is 6.57 Å². The highest BCUT2D eigenvalue weighted by Crippen LogP contribution is 2.16. The SMILES string of the molecule is CCOC1=NC(=O)N(C)C(=O)C1=CC=CC=Cc1c(OCC)nc([O-])n(C)c1=O.[C-]#[N+]C(=CC=CC=CC(=C=[N-])C(=O)OCC)C(=O)OCC. The molecule has 0 radical (unpaired) electrons. The summed E-state index contributed by atoms with van der Waals surface area (Å²) >= 11 is 0. The van der Waals surface area contributed by atoms with Crippen molar-refractivity contribution in [3.05, 3.63) is 104 Å². The van der Waals surface area contributed by atoms with Gasteiger partial charge in [-0.2, -0.15) is 4.99 Å². The highest BCUT2D eigenvalue weighted by Gasteiger charge is 2.30. The lowest BCUT2D eigenvalue weighted by Crippen LogP contribution is -2.39. The Morgan fingerprint density at radius 3 is 2.16 bits per heavy atom. The van der Waals surface area contributed by atoms with Gasteiger partial charge in [0.1, 0.15) is 11.1 Å². The number of ether oxygens (including phenoxy) is 4. The molecule has 0 saturated heterocycles. The largest absolute Gasteiger partial charge is 0.846 e. The van der Waals surface area contributed by atoms with Crippen molar-refractivity contribution in [2.45, 2.75) is 27.7 Å². The molecule has 16 heteroatoms. The Labute approximate surface area is 288 Å². The Hall–Kier alpha value is -6.59. The molecule has 0 aliphatic carbocycles.